The van der Waals surface area contributed by atoms with Gasteiger partial charge in [-0.15, -0.1) is 0 Å². The Hall–Kier alpha value is -2.84. The predicted octanol–water partition coefficient (Wildman–Crippen LogP) is 2.76. The fourth-order valence-corrected chi connectivity index (χ4v) is 3.45. The Morgan fingerprint density at radius 3 is 2.52 bits per heavy atom. The maximum absolute atomic E-state index is 9.03. The van der Waals surface area contributed by atoms with Crippen molar-refractivity contribution in [1.29, 1.82) is 5.26 Å². The Morgan fingerprint density at radius 1 is 1.07 bits per heavy atom. The zero-order chi connectivity index (χ0) is 19.1. The lowest BCUT2D eigenvalue weighted by molar-refractivity contribution is 0.172. The van der Waals surface area contributed by atoms with Gasteiger partial charge in [0.15, 0.2) is 5.96 Å². The van der Waals surface area contributed by atoms with Crippen molar-refractivity contribution >= 4 is 5.96 Å². The summed E-state index contributed by atoms with van der Waals surface area (Å²) in [4.78, 5) is 9.24. The van der Waals surface area contributed by atoms with Crippen molar-refractivity contribution in [3.05, 3.63) is 70.8 Å². The van der Waals surface area contributed by atoms with Crippen molar-refractivity contribution in [2.24, 2.45) is 4.99 Å². The topological polar surface area (TPSA) is 54.7 Å². The quantitative estimate of drug-likeness (QED) is 0.672. The molecule has 1 N–H and O–H groups in total. The number of nitrogens with zero attached hydrogens (tertiary/aromatic N) is 4. The van der Waals surface area contributed by atoms with Gasteiger partial charge in [0, 0.05) is 46.3 Å². The first-order chi connectivity index (χ1) is 13.2. The van der Waals surface area contributed by atoms with Gasteiger partial charge in [0.05, 0.1) is 11.6 Å². The number of piperazine rings is 1. The number of guanidine groups is 1. The van der Waals surface area contributed by atoms with E-state index in [0.717, 1.165) is 44.2 Å². The molecule has 1 fully saturated rings. The van der Waals surface area contributed by atoms with Gasteiger partial charge in [-0.2, -0.15) is 5.26 Å². The van der Waals surface area contributed by atoms with Crippen LogP contribution in [0, 0.1) is 18.3 Å². The second kappa shape index (κ2) is 9.20. The molecule has 1 saturated heterocycles. The molecule has 1 aliphatic rings. The van der Waals surface area contributed by atoms with Gasteiger partial charge in [0.2, 0.25) is 0 Å². The van der Waals surface area contributed by atoms with Crippen LogP contribution in [0.4, 0.5) is 0 Å². The van der Waals surface area contributed by atoms with Crippen LogP contribution in [0.3, 0.4) is 0 Å². The van der Waals surface area contributed by atoms with Crippen molar-refractivity contribution in [1.82, 2.24) is 15.1 Å². The van der Waals surface area contributed by atoms with E-state index < -0.39 is 0 Å². The first kappa shape index (κ1) is 18.9. The van der Waals surface area contributed by atoms with Crippen LogP contribution in [0.2, 0.25) is 0 Å². The van der Waals surface area contributed by atoms with Gasteiger partial charge in [-0.3, -0.25) is 9.89 Å². The molecule has 3 rings (SSSR count). The second-order valence-electron chi connectivity index (χ2n) is 6.97. The highest BCUT2D eigenvalue weighted by Crippen LogP contribution is 2.11. The number of nitrogens with one attached hydrogen (secondary N) is 1. The van der Waals surface area contributed by atoms with E-state index in [1.807, 2.05) is 31.3 Å². The average molecular weight is 361 g/mol. The van der Waals surface area contributed by atoms with Crippen molar-refractivity contribution in [2.45, 2.75) is 20.0 Å². The van der Waals surface area contributed by atoms with Gasteiger partial charge in [-0.05, 0) is 30.2 Å². The summed E-state index contributed by atoms with van der Waals surface area (Å²) in [5.41, 5.74) is 4.47. The fourth-order valence-electron chi connectivity index (χ4n) is 3.45. The van der Waals surface area contributed by atoms with Crippen molar-refractivity contribution in [3.63, 3.8) is 0 Å². The Balaban J connectivity index is 1.50. The van der Waals surface area contributed by atoms with Crippen LogP contribution in [0.1, 0.15) is 22.3 Å². The fraction of sp³-hybridized carbons (Fsp3) is 0.364. The molecule has 0 aromatic heterocycles. The Labute approximate surface area is 161 Å². The van der Waals surface area contributed by atoms with E-state index in [-0.39, 0.29) is 0 Å². The number of benzene rings is 2. The van der Waals surface area contributed by atoms with Gasteiger partial charge in [0.25, 0.3) is 0 Å². The SMILES string of the molecule is CN=C(NCc1cccc(C#N)c1)N1CCN(Cc2cccc(C)c2)CC1. The monoisotopic (exact) mass is 361 g/mol. The first-order valence-electron chi connectivity index (χ1n) is 9.40. The average Bonchev–Trinajstić information content (AvgIpc) is 2.70. The number of hydrogen-bond acceptors (Lipinski definition) is 3. The molecule has 0 unspecified atom stereocenters. The summed E-state index contributed by atoms with van der Waals surface area (Å²) in [7, 11) is 1.83. The lowest BCUT2D eigenvalue weighted by Crippen LogP contribution is -2.52. The van der Waals surface area contributed by atoms with Crippen LogP contribution in [-0.2, 0) is 13.1 Å². The molecule has 0 spiro atoms. The number of aryl methyl sites for hydroxylation is 1. The molecule has 0 aliphatic carbocycles. The third-order valence-electron chi connectivity index (χ3n) is 4.88. The summed E-state index contributed by atoms with van der Waals surface area (Å²) in [5.74, 6) is 0.924. The third kappa shape index (κ3) is 5.32. The summed E-state index contributed by atoms with van der Waals surface area (Å²) in [6, 6.07) is 18.6. The lowest BCUT2D eigenvalue weighted by Gasteiger charge is -2.36. The van der Waals surface area contributed by atoms with Gasteiger partial charge in [-0.25, -0.2) is 0 Å². The van der Waals surface area contributed by atoms with Crippen LogP contribution >= 0.6 is 0 Å². The van der Waals surface area contributed by atoms with Crippen LogP contribution in [0.15, 0.2) is 53.5 Å². The Bertz CT molecular complexity index is 829. The zero-order valence-corrected chi connectivity index (χ0v) is 16.2. The second-order valence-corrected chi connectivity index (χ2v) is 6.97. The predicted molar refractivity (Wildman–Crippen MR) is 109 cm³/mol. The highest BCUT2D eigenvalue weighted by molar-refractivity contribution is 5.80. The zero-order valence-electron chi connectivity index (χ0n) is 16.2. The summed E-state index contributed by atoms with van der Waals surface area (Å²) in [6.07, 6.45) is 0. The maximum atomic E-state index is 9.03. The summed E-state index contributed by atoms with van der Waals surface area (Å²) >= 11 is 0. The molecule has 2 aromatic rings. The highest BCUT2D eigenvalue weighted by atomic mass is 15.3. The molecule has 1 heterocycles. The summed E-state index contributed by atoms with van der Waals surface area (Å²) < 4.78 is 0. The molecule has 5 heteroatoms. The number of nitriles is 1. The molecule has 1 aliphatic heterocycles. The van der Waals surface area contributed by atoms with Crippen LogP contribution in [0.5, 0.6) is 0 Å². The minimum absolute atomic E-state index is 0.672. The molecule has 0 amide bonds. The molecule has 0 bridgehead atoms. The number of rotatable bonds is 4. The molecule has 0 saturated carbocycles. The van der Waals surface area contributed by atoms with Crippen LogP contribution in [-0.4, -0.2) is 49.0 Å². The molecule has 2 aromatic carbocycles. The summed E-state index contributed by atoms with van der Waals surface area (Å²) in [5, 5.41) is 12.5. The smallest absolute Gasteiger partial charge is 0.194 e. The molecule has 140 valence electrons. The van der Waals surface area contributed by atoms with E-state index in [2.05, 4.69) is 57.4 Å². The van der Waals surface area contributed by atoms with Crippen molar-refractivity contribution in [2.75, 3.05) is 33.2 Å². The largest absolute Gasteiger partial charge is 0.352 e. The van der Waals surface area contributed by atoms with E-state index in [1.165, 1.54) is 11.1 Å². The van der Waals surface area contributed by atoms with Gasteiger partial charge in [-0.1, -0.05) is 42.0 Å². The minimum atomic E-state index is 0.672. The standard InChI is InChI=1S/C22H27N5/c1-18-5-3-8-21(13-18)17-26-9-11-27(12-10-26)22(24-2)25-16-20-7-4-6-19(14-20)15-23/h3-8,13-14H,9-12,16-17H2,1-2H3,(H,24,25). The summed E-state index contributed by atoms with van der Waals surface area (Å²) in [6.45, 7) is 7.79. The van der Waals surface area contributed by atoms with Gasteiger partial charge in [0.1, 0.15) is 0 Å². The van der Waals surface area contributed by atoms with Gasteiger partial charge >= 0.3 is 0 Å². The highest BCUT2D eigenvalue weighted by Gasteiger charge is 2.19. The van der Waals surface area contributed by atoms with Crippen molar-refractivity contribution < 1.29 is 0 Å². The van der Waals surface area contributed by atoms with E-state index in [9.17, 15) is 0 Å². The first-order valence-corrected chi connectivity index (χ1v) is 9.40. The van der Waals surface area contributed by atoms with Crippen LogP contribution < -0.4 is 5.32 Å². The molecule has 5 nitrogen and oxygen atoms in total. The third-order valence-corrected chi connectivity index (χ3v) is 4.88. The van der Waals surface area contributed by atoms with Gasteiger partial charge < -0.3 is 10.2 Å². The Morgan fingerprint density at radius 2 is 1.81 bits per heavy atom. The van der Waals surface area contributed by atoms with Crippen molar-refractivity contribution in [3.8, 4) is 6.07 Å². The molecular weight excluding hydrogens is 334 g/mol. The van der Waals surface area contributed by atoms with Crippen LogP contribution in [0.25, 0.3) is 0 Å². The normalized spacial score (nSPS) is 15.4. The number of aliphatic imine (C=N–C) groups is 1. The van der Waals surface area contributed by atoms with E-state index in [1.54, 1.807) is 0 Å². The molecular formula is C22H27N5. The lowest BCUT2D eigenvalue weighted by atomic mass is 10.1. The van der Waals surface area contributed by atoms with E-state index >= 15 is 0 Å². The number of hydrogen-bond donors (Lipinski definition) is 1. The maximum Gasteiger partial charge on any atom is 0.194 e. The molecule has 27 heavy (non-hydrogen) atoms. The molecule has 0 radical (unpaired) electrons. The minimum Gasteiger partial charge on any atom is -0.352 e. The Kier molecular flexibility index (Phi) is 6.45. The molecule has 0 atom stereocenters. The van der Waals surface area contributed by atoms with E-state index in [4.69, 9.17) is 5.26 Å². The van der Waals surface area contributed by atoms with E-state index in [0.29, 0.717) is 12.1 Å².